The van der Waals surface area contributed by atoms with Crippen LogP contribution >= 0.6 is 0 Å². The van der Waals surface area contributed by atoms with Crippen LogP contribution in [-0.4, -0.2) is 23.9 Å². The topological polar surface area (TPSA) is 51.2 Å². The number of piperidine rings is 1. The van der Waals surface area contributed by atoms with E-state index < -0.39 is 0 Å². The summed E-state index contributed by atoms with van der Waals surface area (Å²) >= 11 is 0. The Kier molecular flexibility index (Phi) is 5.03. The normalized spacial score (nSPS) is 15.3. The van der Waals surface area contributed by atoms with Crippen LogP contribution in [0.5, 0.6) is 5.88 Å². The van der Waals surface area contributed by atoms with Crippen LogP contribution in [0.25, 0.3) is 0 Å². The van der Waals surface area contributed by atoms with E-state index in [-0.39, 0.29) is 5.78 Å². The lowest BCUT2D eigenvalue weighted by atomic mass is 9.94. The first-order valence-corrected chi connectivity index (χ1v) is 8.13. The highest BCUT2D eigenvalue weighted by atomic mass is 16.5. The molecule has 2 aromatic rings. The molecule has 1 aliphatic heterocycles. The molecule has 0 aliphatic carbocycles. The Labute approximate surface area is 136 Å². The van der Waals surface area contributed by atoms with Crippen LogP contribution < -0.4 is 10.1 Å². The van der Waals surface area contributed by atoms with E-state index in [2.05, 4.69) is 16.4 Å². The molecule has 23 heavy (non-hydrogen) atoms. The fourth-order valence-electron chi connectivity index (χ4n) is 2.89. The number of carbonyl (C=O) groups excluding carboxylic acids is 1. The van der Waals surface area contributed by atoms with Crippen LogP contribution in [0.2, 0.25) is 0 Å². The van der Waals surface area contributed by atoms with Crippen molar-refractivity contribution in [3.8, 4) is 5.88 Å². The molecule has 3 rings (SSSR count). The average molecular weight is 310 g/mol. The Morgan fingerprint density at radius 2 is 2.00 bits per heavy atom. The van der Waals surface area contributed by atoms with Gasteiger partial charge in [-0.3, -0.25) is 4.79 Å². The van der Waals surface area contributed by atoms with Gasteiger partial charge in [0.15, 0.2) is 5.78 Å². The molecular weight excluding hydrogens is 288 g/mol. The van der Waals surface area contributed by atoms with Gasteiger partial charge in [0.2, 0.25) is 5.88 Å². The molecule has 1 saturated heterocycles. The van der Waals surface area contributed by atoms with E-state index in [1.807, 2.05) is 36.4 Å². The molecule has 1 fully saturated rings. The van der Waals surface area contributed by atoms with E-state index in [4.69, 9.17) is 4.74 Å². The van der Waals surface area contributed by atoms with Crippen molar-refractivity contribution in [2.75, 3.05) is 13.1 Å². The SMILES string of the molecule is CC(=O)c1cccc(COc2cccc(C3CCNCC3)n2)c1. The number of hydrogen-bond acceptors (Lipinski definition) is 4. The van der Waals surface area contributed by atoms with Crippen LogP contribution in [0.15, 0.2) is 42.5 Å². The third-order valence-corrected chi connectivity index (χ3v) is 4.22. The van der Waals surface area contributed by atoms with Crippen molar-refractivity contribution in [3.63, 3.8) is 0 Å². The third-order valence-electron chi connectivity index (χ3n) is 4.22. The largest absolute Gasteiger partial charge is 0.473 e. The Balaban J connectivity index is 1.66. The maximum Gasteiger partial charge on any atom is 0.213 e. The number of nitrogens with one attached hydrogen (secondary N) is 1. The Morgan fingerprint density at radius 3 is 2.78 bits per heavy atom. The highest BCUT2D eigenvalue weighted by Gasteiger charge is 2.16. The maximum atomic E-state index is 11.4. The number of rotatable bonds is 5. The number of ether oxygens (including phenoxy) is 1. The van der Waals surface area contributed by atoms with Gasteiger partial charge in [0.25, 0.3) is 0 Å². The Hall–Kier alpha value is -2.20. The van der Waals surface area contributed by atoms with Crippen LogP contribution in [0.4, 0.5) is 0 Å². The zero-order valence-corrected chi connectivity index (χ0v) is 13.4. The number of Topliss-reactive ketones (excluding diaryl/α,β-unsaturated/α-hetero) is 1. The first kappa shape index (κ1) is 15.7. The quantitative estimate of drug-likeness (QED) is 0.861. The first-order chi connectivity index (χ1) is 11.2. The van der Waals surface area contributed by atoms with Crippen LogP contribution in [-0.2, 0) is 6.61 Å². The Bertz CT molecular complexity index is 679. The summed E-state index contributed by atoms with van der Waals surface area (Å²) in [7, 11) is 0. The fourth-order valence-corrected chi connectivity index (χ4v) is 2.89. The van der Waals surface area contributed by atoms with E-state index in [0.717, 1.165) is 37.2 Å². The van der Waals surface area contributed by atoms with Gasteiger partial charge in [-0.25, -0.2) is 4.98 Å². The number of nitrogens with zero attached hydrogens (tertiary/aromatic N) is 1. The highest BCUT2D eigenvalue weighted by molar-refractivity contribution is 5.94. The summed E-state index contributed by atoms with van der Waals surface area (Å²) in [5.41, 5.74) is 2.80. The second-order valence-corrected chi connectivity index (χ2v) is 5.97. The smallest absolute Gasteiger partial charge is 0.213 e. The van der Waals surface area contributed by atoms with Crippen molar-refractivity contribution in [2.24, 2.45) is 0 Å². The standard InChI is InChI=1S/C19H22N2O2/c1-14(22)17-5-2-4-15(12-17)13-23-19-7-3-6-18(21-19)16-8-10-20-11-9-16/h2-7,12,16,20H,8-11,13H2,1H3. The molecule has 0 radical (unpaired) electrons. The molecule has 2 heterocycles. The lowest BCUT2D eigenvalue weighted by Gasteiger charge is -2.22. The minimum Gasteiger partial charge on any atom is -0.473 e. The van der Waals surface area contributed by atoms with Crippen molar-refractivity contribution in [1.29, 1.82) is 0 Å². The second-order valence-electron chi connectivity index (χ2n) is 5.97. The molecular formula is C19H22N2O2. The number of ketones is 1. The van der Waals surface area contributed by atoms with Crippen LogP contribution in [0, 0.1) is 0 Å². The molecule has 1 aliphatic rings. The summed E-state index contributed by atoms with van der Waals surface area (Å²) in [6, 6.07) is 13.5. The lowest BCUT2D eigenvalue weighted by Crippen LogP contribution is -2.27. The molecule has 0 spiro atoms. The van der Waals surface area contributed by atoms with Gasteiger partial charge in [0.05, 0.1) is 0 Å². The molecule has 4 heteroatoms. The molecule has 0 saturated carbocycles. The molecule has 0 atom stereocenters. The van der Waals surface area contributed by atoms with Crippen LogP contribution in [0.1, 0.15) is 47.3 Å². The summed E-state index contributed by atoms with van der Waals surface area (Å²) in [5.74, 6) is 1.23. The minimum absolute atomic E-state index is 0.0675. The average Bonchev–Trinajstić information content (AvgIpc) is 2.61. The number of aromatic nitrogens is 1. The number of carbonyl (C=O) groups is 1. The summed E-state index contributed by atoms with van der Waals surface area (Å²) in [4.78, 5) is 16.1. The molecule has 0 amide bonds. The van der Waals surface area contributed by atoms with Gasteiger partial charge in [-0.1, -0.05) is 24.3 Å². The monoisotopic (exact) mass is 310 g/mol. The number of pyridine rings is 1. The van der Waals surface area contributed by atoms with Gasteiger partial charge in [-0.15, -0.1) is 0 Å². The van der Waals surface area contributed by atoms with Gasteiger partial charge in [-0.05, 0) is 50.6 Å². The summed E-state index contributed by atoms with van der Waals surface area (Å²) in [5, 5.41) is 3.37. The molecule has 1 aromatic heterocycles. The number of benzene rings is 1. The first-order valence-electron chi connectivity index (χ1n) is 8.13. The second kappa shape index (κ2) is 7.38. The molecule has 120 valence electrons. The molecule has 0 unspecified atom stereocenters. The van der Waals surface area contributed by atoms with Crippen molar-refractivity contribution in [2.45, 2.75) is 32.3 Å². The molecule has 4 nitrogen and oxygen atoms in total. The van der Waals surface area contributed by atoms with Gasteiger partial charge < -0.3 is 10.1 Å². The van der Waals surface area contributed by atoms with Crippen molar-refractivity contribution in [1.82, 2.24) is 10.3 Å². The van der Waals surface area contributed by atoms with Gasteiger partial charge in [0, 0.05) is 23.2 Å². The third kappa shape index (κ3) is 4.17. The van der Waals surface area contributed by atoms with Gasteiger partial charge in [0.1, 0.15) is 6.61 Å². The summed E-state index contributed by atoms with van der Waals surface area (Å²) in [6.45, 7) is 4.10. The van der Waals surface area contributed by atoms with Crippen molar-refractivity contribution >= 4 is 5.78 Å². The number of hydrogen-bond donors (Lipinski definition) is 1. The predicted molar refractivity (Wildman–Crippen MR) is 89.9 cm³/mol. The van der Waals surface area contributed by atoms with E-state index in [9.17, 15) is 4.79 Å². The van der Waals surface area contributed by atoms with Gasteiger partial charge in [-0.2, -0.15) is 0 Å². The van der Waals surface area contributed by atoms with E-state index in [0.29, 0.717) is 24.0 Å². The van der Waals surface area contributed by atoms with Crippen molar-refractivity contribution in [3.05, 3.63) is 59.3 Å². The zero-order valence-electron chi connectivity index (χ0n) is 13.4. The highest BCUT2D eigenvalue weighted by Crippen LogP contribution is 2.25. The van der Waals surface area contributed by atoms with E-state index in [1.165, 1.54) is 0 Å². The summed E-state index contributed by atoms with van der Waals surface area (Å²) in [6.07, 6.45) is 2.24. The fraction of sp³-hybridized carbons (Fsp3) is 0.368. The maximum absolute atomic E-state index is 11.4. The predicted octanol–water partition coefficient (Wildman–Crippen LogP) is 3.33. The molecule has 1 aromatic carbocycles. The van der Waals surface area contributed by atoms with Crippen LogP contribution in [0.3, 0.4) is 0 Å². The van der Waals surface area contributed by atoms with E-state index >= 15 is 0 Å². The summed E-state index contributed by atoms with van der Waals surface area (Å²) < 4.78 is 5.82. The zero-order chi connectivity index (χ0) is 16.1. The van der Waals surface area contributed by atoms with E-state index in [1.54, 1.807) is 6.92 Å². The van der Waals surface area contributed by atoms with Gasteiger partial charge >= 0.3 is 0 Å². The Morgan fingerprint density at radius 1 is 1.22 bits per heavy atom. The molecule has 1 N–H and O–H groups in total. The van der Waals surface area contributed by atoms with Crippen molar-refractivity contribution < 1.29 is 9.53 Å². The minimum atomic E-state index is 0.0675. The lowest BCUT2D eigenvalue weighted by molar-refractivity contribution is 0.101. The molecule has 0 bridgehead atoms.